The zero-order valence-corrected chi connectivity index (χ0v) is 33.0. The van der Waals surface area contributed by atoms with Gasteiger partial charge in [0.05, 0.1) is 24.3 Å². The van der Waals surface area contributed by atoms with E-state index in [1.807, 2.05) is 6.08 Å². The Morgan fingerprint density at radius 1 is 0.765 bits per heavy atom. The third-order valence-corrected chi connectivity index (χ3v) is 13.8. The predicted molar refractivity (Wildman–Crippen MR) is 204 cm³/mol. The van der Waals surface area contributed by atoms with Crippen molar-refractivity contribution in [3.8, 4) is 0 Å². The lowest BCUT2D eigenvalue weighted by Gasteiger charge is -2.58. The van der Waals surface area contributed by atoms with E-state index < -0.39 is 11.9 Å². The fraction of sp³-hybridized carbons (Fsp3) is 0.733. The van der Waals surface area contributed by atoms with Gasteiger partial charge in [-0.2, -0.15) is 0 Å². The van der Waals surface area contributed by atoms with E-state index in [0.29, 0.717) is 53.7 Å². The van der Waals surface area contributed by atoms with Crippen LogP contribution in [-0.2, 0) is 19.1 Å². The summed E-state index contributed by atoms with van der Waals surface area (Å²) in [5.74, 6) is 3.14. The molecule has 1 aromatic carbocycles. The number of unbranched alkanes of at least 4 members (excludes halogenated alkanes) is 2. The first kappa shape index (κ1) is 41.0. The van der Waals surface area contributed by atoms with Gasteiger partial charge in [0, 0.05) is 12.3 Å². The molecule has 51 heavy (non-hydrogen) atoms. The van der Waals surface area contributed by atoms with E-state index in [-0.39, 0.29) is 10.8 Å². The molecular weight excluding hydrogens is 636 g/mol. The lowest BCUT2D eigenvalue weighted by atomic mass is 9.47. The fourth-order valence-corrected chi connectivity index (χ4v) is 10.4. The summed E-state index contributed by atoms with van der Waals surface area (Å²) < 4.78 is 11.0. The zero-order valence-electron chi connectivity index (χ0n) is 33.0. The number of Topliss-reactive ketones (excluding diaryl/α,β-unsaturated/α-hetero) is 1. The lowest BCUT2D eigenvalue weighted by molar-refractivity contribution is -0.128. The SMILES string of the molecule is CC(=O)[C@H]1CC[C@H]2[C@@H]3CCC4=CC(=O)CC[C@]4(C)[C@H]3CC[C@]12C.CCCCC(CC)COC(=O)c1ccccc1C(=O)OCC(CC)CCCC. The second-order valence-electron chi connectivity index (χ2n) is 16.8. The average molecular weight is 705 g/mol. The van der Waals surface area contributed by atoms with E-state index in [1.165, 1.54) is 31.3 Å². The van der Waals surface area contributed by atoms with Gasteiger partial charge in [-0.25, -0.2) is 9.59 Å². The van der Waals surface area contributed by atoms with Crippen molar-refractivity contribution in [3.05, 3.63) is 47.0 Å². The molecule has 3 saturated carbocycles. The van der Waals surface area contributed by atoms with Gasteiger partial charge < -0.3 is 9.47 Å². The second-order valence-corrected chi connectivity index (χ2v) is 16.8. The van der Waals surface area contributed by atoms with Crippen LogP contribution in [0.4, 0.5) is 0 Å². The minimum atomic E-state index is -0.444. The minimum Gasteiger partial charge on any atom is -0.462 e. The Bertz CT molecular complexity index is 1330. The van der Waals surface area contributed by atoms with Crippen LogP contribution >= 0.6 is 0 Å². The Balaban J connectivity index is 0.000000232. The van der Waals surface area contributed by atoms with E-state index >= 15 is 0 Å². The number of carbonyl (C=O) groups is 4. The van der Waals surface area contributed by atoms with Crippen molar-refractivity contribution in [3.63, 3.8) is 0 Å². The molecule has 6 heteroatoms. The fourth-order valence-electron chi connectivity index (χ4n) is 10.4. The molecule has 1 aromatic rings. The normalized spacial score (nSPS) is 29.2. The zero-order chi connectivity index (χ0) is 37.2. The van der Waals surface area contributed by atoms with Crippen LogP contribution in [0.3, 0.4) is 0 Å². The van der Waals surface area contributed by atoms with Crippen LogP contribution in [0, 0.1) is 46.3 Å². The lowest BCUT2D eigenvalue weighted by Crippen LogP contribution is -2.51. The molecule has 0 radical (unpaired) electrons. The van der Waals surface area contributed by atoms with Gasteiger partial charge in [0.25, 0.3) is 0 Å². The monoisotopic (exact) mass is 705 g/mol. The maximum atomic E-state index is 12.6. The van der Waals surface area contributed by atoms with Crippen molar-refractivity contribution >= 4 is 23.5 Å². The highest BCUT2D eigenvalue weighted by Crippen LogP contribution is 2.66. The molecule has 4 aliphatic rings. The molecular formula is C45H68O6. The molecule has 0 saturated heterocycles. The average Bonchev–Trinajstić information content (AvgIpc) is 3.50. The van der Waals surface area contributed by atoms with Gasteiger partial charge >= 0.3 is 11.9 Å². The number of hydrogen-bond acceptors (Lipinski definition) is 6. The topological polar surface area (TPSA) is 86.7 Å². The third kappa shape index (κ3) is 9.62. The summed E-state index contributed by atoms with van der Waals surface area (Å²) in [5.41, 5.74) is 2.53. The molecule has 0 N–H and O–H groups in total. The van der Waals surface area contributed by atoms with E-state index in [0.717, 1.165) is 94.8 Å². The Morgan fingerprint density at radius 3 is 1.84 bits per heavy atom. The van der Waals surface area contributed by atoms with Crippen molar-refractivity contribution in [2.24, 2.45) is 46.3 Å². The highest BCUT2D eigenvalue weighted by Gasteiger charge is 2.59. The summed E-state index contributed by atoms with van der Waals surface area (Å²) in [4.78, 5) is 49.1. The van der Waals surface area contributed by atoms with Crippen LogP contribution in [0.2, 0.25) is 0 Å². The van der Waals surface area contributed by atoms with E-state index in [4.69, 9.17) is 9.47 Å². The Labute approximate surface area is 309 Å². The standard InChI is InChI=1S/C24H38O4.C21H30O2/c1-5-9-13-19(7-3)17-27-23(25)21-15-11-12-16-22(21)24(26)28-18-20(8-4)14-10-6-2;1-13(22)17-6-7-18-16-5-4-14-12-15(23)8-10-20(14,2)19(16)9-11-21(17,18)3/h11-12,15-16,19-20H,5-10,13-14,17-18H2,1-4H3;12,16-19H,4-11H2,1-3H3/t;16-,17+,18-,19-,20-,21+/m.0/s1. The molecule has 0 aromatic heterocycles. The summed E-state index contributed by atoms with van der Waals surface area (Å²) in [6.07, 6.45) is 19.6. The molecule has 5 rings (SSSR count). The molecule has 0 bridgehead atoms. The maximum absolute atomic E-state index is 12.6. The number of carbonyl (C=O) groups excluding carboxylic acids is 4. The van der Waals surface area contributed by atoms with Crippen LogP contribution in [0.5, 0.6) is 0 Å². The Kier molecular flexibility index (Phi) is 15.1. The molecule has 0 aliphatic heterocycles. The summed E-state index contributed by atoms with van der Waals surface area (Å²) in [6.45, 7) is 16.0. The molecule has 3 fully saturated rings. The molecule has 0 amide bonds. The van der Waals surface area contributed by atoms with Crippen LogP contribution in [0.15, 0.2) is 35.9 Å². The molecule has 4 aliphatic carbocycles. The molecule has 8 atom stereocenters. The number of hydrogen-bond donors (Lipinski definition) is 0. The highest BCUT2D eigenvalue weighted by atomic mass is 16.5. The Morgan fingerprint density at radius 2 is 1.33 bits per heavy atom. The molecule has 0 spiro atoms. The van der Waals surface area contributed by atoms with Gasteiger partial charge in [0.2, 0.25) is 0 Å². The van der Waals surface area contributed by atoms with Crippen molar-refractivity contribution in [2.45, 2.75) is 151 Å². The van der Waals surface area contributed by atoms with Gasteiger partial charge in [-0.15, -0.1) is 0 Å². The molecule has 6 nitrogen and oxygen atoms in total. The van der Waals surface area contributed by atoms with Crippen LogP contribution < -0.4 is 0 Å². The number of allylic oxidation sites excluding steroid dienone is 1. The minimum absolute atomic E-state index is 0.245. The quantitative estimate of drug-likeness (QED) is 0.169. The number of fused-ring (bicyclic) bond motifs is 5. The van der Waals surface area contributed by atoms with E-state index in [2.05, 4.69) is 41.5 Å². The molecule has 284 valence electrons. The number of ether oxygens (including phenoxy) is 2. The molecule has 2 unspecified atom stereocenters. The van der Waals surface area contributed by atoms with Gasteiger partial charge in [-0.3, -0.25) is 9.59 Å². The first-order valence-corrected chi connectivity index (χ1v) is 20.6. The summed E-state index contributed by atoms with van der Waals surface area (Å²) >= 11 is 0. The summed E-state index contributed by atoms with van der Waals surface area (Å²) in [5, 5.41) is 0. The van der Waals surface area contributed by atoms with Crippen molar-refractivity contribution in [1.29, 1.82) is 0 Å². The van der Waals surface area contributed by atoms with Crippen LogP contribution in [0.25, 0.3) is 0 Å². The predicted octanol–water partition coefficient (Wildman–Crippen LogP) is 11.2. The first-order valence-electron chi connectivity index (χ1n) is 20.6. The van der Waals surface area contributed by atoms with Gasteiger partial charge in [0.1, 0.15) is 5.78 Å². The van der Waals surface area contributed by atoms with Gasteiger partial charge in [0.15, 0.2) is 5.78 Å². The smallest absolute Gasteiger partial charge is 0.339 e. The third-order valence-electron chi connectivity index (χ3n) is 13.8. The summed E-state index contributed by atoms with van der Waals surface area (Å²) in [6, 6.07) is 6.77. The van der Waals surface area contributed by atoms with Crippen LogP contribution in [-0.4, -0.2) is 36.7 Å². The maximum Gasteiger partial charge on any atom is 0.339 e. The van der Waals surface area contributed by atoms with Gasteiger partial charge in [-0.05, 0) is 123 Å². The highest BCUT2D eigenvalue weighted by molar-refractivity contribution is 6.03. The van der Waals surface area contributed by atoms with E-state index in [9.17, 15) is 19.2 Å². The number of ketones is 2. The number of rotatable bonds is 15. The number of benzene rings is 1. The van der Waals surface area contributed by atoms with Crippen molar-refractivity contribution in [1.82, 2.24) is 0 Å². The van der Waals surface area contributed by atoms with E-state index in [1.54, 1.807) is 31.2 Å². The summed E-state index contributed by atoms with van der Waals surface area (Å²) in [7, 11) is 0. The van der Waals surface area contributed by atoms with Crippen molar-refractivity contribution in [2.75, 3.05) is 13.2 Å². The largest absolute Gasteiger partial charge is 0.462 e. The molecule has 0 heterocycles. The Hall–Kier alpha value is -2.76. The first-order chi connectivity index (χ1) is 24.4. The van der Waals surface area contributed by atoms with Crippen molar-refractivity contribution < 1.29 is 28.7 Å². The second kappa shape index (κ2) is 18.8. The van der Waals surface area contributed by atoms with Gasteiger partial charge in [-0.1, -0.05) is 97.8 Å². The number of esters is 2. The van der Waals surface area contributed by atoms with Crippen LogP contribution in [0.1, 0.15) is 172 Å².